The lowest BCUT2D eigenvalue weighted by Gasteiger charge is -2.16. The number of hydrogen-bond acceptors (Lipinski definition) is 1. The average Bonchev–Trinajstić information content (AvgIpc) is 2.17. The molecule has 1 aromatic rings. The van der Waals surface area contributed by atoms with Gasteiger partial charge in [0.05, 0.1) is 0 Å². The minimum Gasteiger partial charge on any atom is -0.289 e. The van der Waals surface area contributed by atoms with Crippen LogP contribution in [0.3, 0.4) is 0 Å². The normalized spacial score (nSPS) is 12.7. The highest BCUT2D eigenvalue weighted by molar-refractivity contribution is 9.10. The number of rotatable bonds is 2. The summed E-state index contributed by atoms with van der Waals surface area (Å²) in [6, 6.07) is 7.23. The van der Waals surface area contributed by atoms with E-state index in [1.807, 2.05) is 32.9 Å². The van der Waals surface area contributed by atoms with Gasteiger partial charge in [0.1, 0.15) is 0 Å². The van der Waals surface area contributed by atoms with Crippen LogP contribution >= 0.6 is 27.5 Å². The van der Waals surface area contributed by atoms with Crippen LogP contribution in [-0.4, -0.2) is 5.78 Å². The third-order valence-corrected chi connectivity index (χ3v) is 3.31. The number of carbonyl (C=O) groups is 1. The van der Waals surface area contributed by atoms with Crippen molar-refractivity contribution in [3.63, 3.8) is 0 Å². The molecular weight excluding hydrogens is 287 g/mol. The molecule has 0 bridgehead atoms. The molecule has 1 aromatic carbocycles. The Balaban J connectivity index is 2.92. The summed E-state index contributed by atoms with van der Waals surface area (Å²) < 4.78 is 0.954. The SMILES string of the molecule is CC(C)(C)/C(Cl)=C/C(=O)c1ccc(Br)cc1. The monoisotopic (exact) mass is 300 g/mol. The number of halogens is 2. The predicted octanol–water partition coefficient (Wildman–Crippen LogP) is 4.80. The van der Waals surface area contributed by atoms with E-state index < -0.39 is 0 Å². The maximum Gasteiger partial charge on any atom is 0.187 e. The van der Waals surface area contributed by atoms with Crippen LogP contribution in [0.1, 0.15) is 31.1 Å². The van der Waals surface area contributed by atoms with Gasteiger partial charge in [-0.05, 0) is 29.7 Å². The Morgan fingerprint density at radius 2 is 1.75 bits per heavy atom. The van der Waals surface area contributed by atoms with E-state index in [0.29, 0.717) is 10.6 Å². The molecule has 16 heavy (non-hydrogen) atoms. The van der Waals surface area contributed by atoms with E-state index in [2.05, 4.69) is 15.9 Å². The highest BCUT2D eigenvalue weighted by Crippen LogP contribution is 2.28. The van der Waals surface area contributed by atoms with Crippen LogP contribution in [-0.2, 0) is 0 Å². The number of benzene rings is 1. The van der Waals surface area contributed by atoms with Gasteiger partial charge in [0.15, 0.2) is 5.78 Å². The maximum atomic E-state index is 11.8. The molecule has 0 heterocycles. The zero-order valence-electron chi connectivity index (χ0n) is 9.55. The predicted molar refractivity (Wildman–Crippen MR) is 71.9 cm³/mol. The smallest absolute Gasteiger partial charge is 0.187 e. The molecule has 0 fully saturated rings. The van der Waals surface area contributed by atoms with Crippen molar-refractivity contribution in [3.05, 3.63) is 45.4 Å². The van der Waals surface area contributed by atoms with Crippen molar-refractivity contribution >= 4 is 33.3 Å². The Kier molecular flexibility index (Phi) is 4.34. The van der Waals surface area contributed by atoms with E-state index in [-0.39, 0.29) is 11.2 Å². The lowest BCUT2D eigenvalue weighted by molar-refractivity contribution is 0.104. The quantitative estimate of drug-likeness (QED) is 0.566. The van der Waals surface area contributed by atoms with Crippen LogP contribution in [0.2, 0.25) is 0 Å². The molecule has 0 aliphatic heterocycles. The zero-order chi connectivity index (χ0) is 12.3. The number of allylic oxidation sites excluding steroid dienone is 2. The second-order valence-electron chi connectivity index (χ2n) is 4.61. The first-order valence-electron chi connectivity index (χ1n) is 4.98. The minimum absolute atomic E-state index is 0.0626. The summed E-state index contributed by atoms with van der Waals surface area (Å²) in [6.45, 7) is 5.92. The largest absolute Gasteiger partial charge is 0.289 e. The molecule has 86 valence electrons. The molecule has 0 aromatic heterocycles. The fraction of sp³-hybridized carbons (Fsp3) is 0.308. The summed E-state index contributed by atoms with van der Waals surface area (Å²) in [4.78, 5) is 11.8. The van der Waals surface area contributed by atoms with Crippen LogP contribution in [0, 0.1) is 5.41 Å². The maximum absolute atomic E-state index is 11.8. The molecule has 1 rings (SSSR count). The minimum atomic E-state index is -0.188. The number of carbonyl (C=O) groups excluding carboxylic acids is 1. The van der Waals surface area contributed by atoms with Crippen molar-refractivity contribution in [2.75, 3.05) is 0 Å². The molecule has 0 amide bonds. The third kappa shape index (κ3) is 3.76. The van der Waals surface area contributed by atoms with Crippen molar-refractivity contribution in [1.29, 1.82) is 0 Å². The van der Waals surface area contributed by atoms with Gasteiger partial charge in [0, 0.05) is 21.1 Å². The molecule has 0 aliphatic carbocycles. The van der Waals surface area contributed by atoms with E-state index in [9.17, 15) is 4.79 Å². The molecule has 3 heteroatoms. The van der Waals surface area contributed by atoms with Gasteiger partial charge in [-0.1, -0.05) is 48.3 Å². The molecule has 0 unspecified atom stereocenters. The van der Waals surface area contributed by atoms with Crippen LogP contribution in [0.15, 0.2) is 39.8 Å². The third-order valence-electron chi connectivity index (χ3n) is 2.10. The summed E-state index contributed by atoms with van der Waals surface area (Å²) in [5.74, 6) is -0.0626. The summed E-state index contributed by atoms with van der Waals surface area (Å²) in [6.07, 6.45) is 1.49. The second kappa shape index (κ2) is 5.15. The van der Waals surface area contributed by atoms with E-state index >= 15 is 0 Å². The highest BCUT2D eigenvalue weighted by atomic mass is 79.9. The lowest BCUT2D eigenvalue weighted by atomic mass is 9.94. The topological polar surface area (TPSA) is 17.1 Å². The van der Waals surface area contributed by atoms with Crippen molar-refractivity contribution in [2.45, 2.75) is 20.8 Å². The highest BCUT2D eigenvalue weighted by Gasteiger charge is 2.16. The van der Waals surface area contributed by atoms with Gasteiger partial charge in [-0.2, -0.15) is 0 Å². The van der Waals surface area contributed by atoms with E-state index in [0.717, 1.165) is 4.47 Å². The van der Waals surface area contributed by atoms with Crippen molar-refractivity contribution in [2.24, 2.45) is 5.41 Å². The van der Waals surface area contributed by atoms with Crippen molar-refractivity contribution in [1.82, 2.24) is 0 Å². The Bertz CT molecular complexity index is 413. The van der Waals surface area contributed by atoms with Crippen molar-refractivity contribution < 1.29 is 4.79 Å². The van der Waals surface area contributed by atoms with Crippen LogP contribution in [0.25, 0.3) is 0 Å². The summed E-state index contributed by atoms with van der Waals surface area (Å²) >= 11 is 9.39. The second-order valence-corrected chi connectivity index (χ2v) is 5.94. The Morgan fingerprint density at radius 3 is 2.19 bits per heavy atom. The van der Waals surface area contributed by atoms with Gasteiger partial charge in [0.25, 0.3) is 0 Å². The first-order valence-corrected chi connectivity index (χ1v) is 6.15. The number of hydrogen-bond donors (Lipinski definition) is 0. The van der Waals surface area contributed by atoms with E-state index in [4.69, 9.17) is 11.6 Å². The van der Waals surface area contributed by atoms with Gasteiger partial charge in [-0.15, -0.1) is 0 Å². The fourth-order valence-electron chi connectivity index (χ4n) is 1.03. The van der Waals surface area contributed by atoms with Crippen LogP contribution < -0.4 is 0 Å². The Morgan fingerprint density at radius 1 is 1.25 bits per heavy atom. The molecule has 0 spiro atoms. The van der Waals surface area contributed by atoms with E-state index in [1.165, 1.54) is 6.08 Å². The molecule has 1 nitrogen and oxygen atoms in total. The molecular formula is C13H14BrClO. The van der Waals surface area contributed by atoms with Gasteiger partial charge in [-0.25, -0.2) is 0 Å². The van der Waals surface area contributed by atoms with Crippen LogP contribution in [0.4, 0.5) is 0 Å². The summed E-state index contributed by atoms with van der Waals surface area (Å²) in [5.41, 5.74) is 0.456. The molecule has 0 N–H and O–H groups in total. The first kappa shape index (κ1) is 13.5. The average molecular weight is 302 g/mol. The Labute approximate surface area is 110 Å². The zero-order valence-corrected chi connectivity index (χ0v) is 11.9. The van der Waals surface area contributed by atoms with Crippen LogP contribution in [0.5, 0.6) is 0 Å². The van der Waals surface area contributed by atoms with Gasteiger partial charge >= 0.3 is 0 Å². The fourth-order valence-corrected chi connectivity index (χ4v) is 1.39. The number of ketones is 1. The summed E-state index contributed by atoms with van der Waals surface area (Å²) in [7, 11) is 0. The van der Waals surface area contributed by atoms with E-state index in [1.54, 1.807) is 12.1 Å². The first-order chi connectivity index (χ1) is 7.30. The van der Waals surface area contributed by atoms with Gasteiger partial charge in [0.2, 0.25) is 0 Å². The Hall–Kier alpha value is -0.600. The molecule has 0 aliphatic rings. The summed E-state index contributed by atoms with van der Waals surface area (Å²) in [5, 5.41) is 0.570. The molecule has 0 atom stereocenters. The molecule has 0 saturated heterocycles. The van der Waals surface area contributed by atoms with Gasteiger partial charge < -0.3 is 0 Å². The lowest BCUT2D eigenvalue weighted by Crippen LogP contribution is -2.07. The van der Waals surface area contributed by atoms with Crippen molar-refractivity contribution in [3.8, 4) is 0 Å². The molecule has 0 radical (unpaired) electrons. The molecule has 0 saturated carbocycles. The standard InChI is InChI=1S/C13H14BrClO/c1-13(2,3)12(15)8-11(16)9-4-6-10(14)7-5-9/h4-8H,1-3H3/b12-8-. The van der Waals surface area contributed by atoms with Gasteiger partial charge in [-0.3, -0.25) is 4.79 Å².